The summed E-state index contributed by atoms with van der Waals surface area (Å²) in [7, 11) is 1.58. The quantitative estimate of drug-likeness (QED) is 0.742. The number of nitrogens with one attached hydrogen (secondary N) is 2. The van der Waals surface area contributed by atoms with Crippen LogP contribution in [0.1, 0.15) is 25.7 Å². The van der Waals surface area contributed by atoms with Gasteiger partial charge in [0.25, 0.3) is 5.91 Å². The first kappa shape index (κ1) is 20.5. The molecule has 154 valence electrons. The van der Waals surface area contributed by atoms with Crippen molar-refractivity contribution in [3.63, 3.8) is 0 Å². The van der Waals surface area contributed by atoms with Crippen molar-refractivity contribution in [1.82, 2.24) is 5.32 Å². The largest absolute Gasteiger partial charge is 0.497 e. The fraction of sp³-hybridized carbons (Fsp3) is 0.364. The van der Waals surface area contributed by atoms with Crippen molar-refractivity contribution in [2.75, 3.05) is 19.0 Å². The maximum Gasteiger partial charge on any atom is 0.411 e. The second kappa shape index (κ2) is 10.4. The van der Waals surface area contributed by atoms with Crippen LogP contribution in [0.15, 0.2) is 54.6 Å². The number of benzene rings is 2. The van der Waals surface area contributed by atoms with Gasteiger partial charge >= 0.3 is 6.09 Å². The first-order chi connectivity index (χ1) is 14.1. The molecule has 0 aliphatic heterocycles. The summed E-state index contributed by atoms with van der Waals surface area (Å²) < 4.78 is 16.2. The molecule has 2 N–H and O–H groups in total. The molecule has 29 heavy (non-hydrogen) atoms. The number of methoxy groups -OCH3 is 1. The number of para-hydroxylation sites is 1. The van der Waals surface area contributed by atoms with Crippen LogP contribution in [0.25, 0.3) is 0 Å². The normalized spacial score (nSPS) is 18.4. The summed E-state index contributed by atoms with van der Waals surface area (Å²) in [5.74, 6) is 1.04. The van der Waals surface area contributed by atoms with Crippen molar-refractivity contribution < 1.29 is 23.8 Å². The van der Waals surface area contributed by atoms with Gasteiger partial charge in [0.15, 0.2) is 6.61 Å². The summed E-state index contributed by atoms with van der Waals surface area (Å²) in [4.78, 5) is 24.3. The molecule has 0 unspecified atom stereocenters. The summed E-state index contributed by atoms with van der Waals surface area (Å²) in [6.07, 6.45) is 2.41. The van der Waals surface area contributed by atoms with Crippen molar-refractivity contribution >= 4 is 17.7 Å². The fourth-order valence-electron chi connectivity index (χ4n) is 3.31. The Kier molecular flexibility index (Phi) is 7.33. The lowest BCUT2D eigenvalue weighted by molar-refractivity contribution is -0.124. The van der Waals surface area contributed by atoms with Gasteiger partial charge in [-0.15, -0.1) is 0 Å². The van der Waals surface area contributed by atoms with Crippen molar-refractivity contribution in [3.8, 4) is 11.5 Å². The number of ether oxygens (including phenoxy) is 3. The Morgan fingerprint density at radius 2 is 1.83 bits per heavy atom. The monoisotopic (exact) mass is 398 g/mol. The molecule has 2 aromatic carbocycles. The number of amides is 2. The van der Waals surface area contributed by atoms with Gasteiger partial charge in [-0.25, -0.2) is 4.79 Å². The van der Waals surface area contributed by atoms with Crippen LogP contribution in [0.4, 0.5) is 10.5 Å². The highest BCUT2D eigenvalue weighted by molar-refractivity contribution is 5.84. The average molecular weight is 398 g/mol. The Morgan fingerprint density at radius 3 is 2.62 bits per heavy atom. The lowest BCUT2D eigenvalue weighted by Gasteiger charge is -2.29. The molecule has 1 saturated carbocycles. The van der Waals surface area contributed by atoms with Crippen LogP contribution in [0.5, 0.6) is 11.5 Å². The smallest absolute Gasteiger partial charge is 0.411 e. The van der Waals surface area contributed by atoms with E-state index < -0.39 is 6.09 Å². The van der Waals surface area contributed by atoms with Gasteiger partial charge in [-0.3, -0.25) is 10.1 Å². The van der Waals surface area contributed by atoms with E-state index in [0.717, 1.165) is 19.3 Å². The number of rotatable bonds is 7. The molecule has 0 spiro atoms. The predicted octanol–water partition coefficient (Wildman–Crippen LogP) is 3.75. The third kappa shape index (κ3) is 6.71. The summed E-state index contributed by atoms with van der Waals surface area (Å²) in [6, 6.07) is 16.2. The third-order valence-corrected chi connectivity index (χ3v) is 4.70. The van der Waals surface area contributed by atoms with Crippen LogP contribution < -0.4 is 20.1 Å². The SMILES string of the molecule is COc1cccc(OCC(=O)N[C@@H]2CCC[C@H](OC(=O)Nc3ccccc3)C2)c1. The molecule has 2 amide bonds. The van der Waals surface area contributed by atoms with Crippen LogP contribution in [0, 0.1) is 0 Å². The van der Waals surface area contributed by atoms with Crippen LogP contribution in [0.3, 0.4) is 0 Å². The van der Waals surface area contributed by atoms with E-state index in [1.165, 1.54) is 0 Å². The van der Waals surface area contributed by atoms with Crippen LogP contribution in [-0.4, -0.2) is 37.9 Å². The van der Waals surface area contributed by atoms with E-state index >= 15 is 0 Å². The van der Waals surface area contributed by atoms with E-state index in [0.29, 0.717) is 23.6 Å². The van der Waals surface area contributed by atoms with Gasteiger partial charge in [-0.2, -0.15) is 0 Å². The van der Waals surface area contributed by atoms with E-state index in [1.54, 1.807) is 37.4 Å². The van der Waals surface area contributed by atoms with Gasteiger partial charge < -0.3 is 19.5 Å². The van der Waals surface area contributed by atoms with Crippen molar-refractivity contribution in [1.29, 1.82) is 0 Å². The second-order valence-corrected chi connectivity index (χ2v) is 6.92. The molecular weight excluding hydrogens is 372 g/mol. The molecule has 7 heteroatoms. The molecule has 1 aliphatic rings. The Bertz CT molecular complexity index is 812. The minimum atomic E-state index is -0.477. The van der Waals surface area contributed by atoms with E-state index in [4.69, 9.17) is 14.2 Å². The van der Waals surface area contributed by atoms with Gasteiger partial charge in [-0.05, 0) is 43.5 Å². The third-order valence-electron chi connectivity index (χ3n) is 4.70. The van der Waals surface area contributed by atoms with Gasteiger partial charge in [0.2, 0.25) is 0 Å². The number of hydrogen-bond acceptors (Lipinski definition) is 5. The zero-order chi connectivity index (χ0) is 20.5. The summed E-state index contributed by atoms with van der Waals surface area (Å²) >= 11 is 0. The minimum Gasteiger partial charge on any atom is -0.497 e. The van der Waals surface area contributed by atoms with Crippen LogP contribution in [0.2, 0.25) is 0 Å². The molecule has 2 aromatic rings. The van der Waals surface area contributed by atoms with Crippen molar-refractivity contribution in [3.05, 3.63) is 54.6 Å². The molecule has 1 fully saturated rings. The highest BCUT2D eigenvalue weighted by atomic mass is 16.6. The number of carbonyl (C=O) groups excluding carboxylic acids is 2. The zero-order valence-electron chi connectivity index (χ0n) is 16.4. The molecule has 0 radical (unpaired) electrons. The fourth-order valence-corrected chi connectivity index (χ4v) is 3.31. The number of carbonyl (C=O) groups is 2. The lowest BCUT2D eigenvalue weighted by Crippen LogP contribution is -2.43. The summed E-state index contributed by atoms with van der Waals surface area (Å²) in [5.41, 5.74) is 0.688. The summed E-state index contributed by atoms with van der Waals surface area (Å²) in [6.45, 7) is -0.0797. The zero-order valence-corrected chi connectivity index (χ0v) is 16.4. The molecule has 7 nitrogen and oxygen atoms in total. The van der Waals surface area contributed by atoms with E-state index in [-0.39, 0.29) is 24.7 Å². The van der Waals surface area contributed by atoms with Gasteiger partial charge in [0.1, 0.15) is 17.6 Å². The standard InChI is InChI=1S/C22H26N2O5/c1-27-18-10-6-11-19(14-18)28-15-21(25)23-17-9-5-12-20(13-17)29-22(26)24-16-7-3-2-4-8-16/h2-4,6-8,10-11,14,17,20H,5,9,12-13,15H2,1H3,(H,23,25)(H,24,26)/t17-,20+/m1/s1. The molecule has 0 saturated heterocycles. The molecule has 0 aromatic heterocycles. The Balaban J connectivity index is 1.41. The van der Waals surface area contributed by atoms with E-state index in [1.807, 2.05) is 24.3 Å². The molecular formula is C22H26N2O5. The van der Waals surface area contributed by atoms with Crippen LogP contribution >= 0.6 is 0 Å². The van der Waals surface area contributed by atoms with Crippen LogP contribution in [-0.2, 0) is 9.53 Å². The molecule has 0 bridgehead atoms. The first-order valence-corrected chi connectivity index (χ1v) is 9.71. The Hall–Kier alpha value is -3.22. The molecule has 0 heterocycles. The Labute approximate surface area is 170 Å². The lowest BCUT2D eigenvalue weighted by atomic mass is 9.93. The van der Waals surface area contributed by atoms with Crippen molar-refractivity contribution in [2.24, 2.45) is 0 Å². The number of anilines is 1. The van der Waals surface area contributed by atoms with Crippen molar-refractivity contribution in [2.45, 2.75) is 37.8 Å². The highest BCUT2D eigenvalue weighted by Gasteiger charge is 2.26. The molecule has 1 aliphatic carbocycles. The second-order valence-electron chi connectivity index (χ2n) is 6.92. The average Bonchev–Trinajstić information content (AvgIpc) is 2.73. The summed E-state index contributed by atoms with van der Waals surface area (Å²) in [5, 5.41) is 5.68. The van der Waals surface area contributed by atoms with Gasteiger partial charge in [-0.1, -0.05) is 24.3 Å². The minimum absolute atomic E-state index is 0.0420. The van der Waals surface area contributed by atoms with Gasteiger partial charge in [0, 0.05) is 24.2 Å². The Morgan fingerprint density at radius 1 is 1.03 bits per heavy atom. The van der Waals surface area contributed by atoms with E-state index in [2.05, 4.69) is 10.6 Å². The number of hydrogen-bond donors (Lipinski definition) is 2. The van der Waals surface area contributed by atoms with E-state index in [9.17, 15) is 9.59 Å². The topological polar surface area (TPSA) is 85.9 Å². The molecule has 2 atom stereocenters. The molecule has 3 rings (SSSR count). The first-order valence-electron chi connectivity index (χ1n) is 9.71. The highest BCUT2D eigenvalue weighted by Crippen LogP contribution is 2.22. The maximum absolute atomic E-state index is 12.2. The predicted molar refractivity (Wildman–Crippen MR) is 109 cm³/mol. The maximum atomic E-state index is 12.2. The van der Waals surface area contributed by atoms with Gasteiger partial charge in [0.05, 0.1) is 7.11 Å².